The van der Waals surface area contributed by atoms with Crippen molar-refractivity contribution in [3.63, 3.8) is 0 Å². The predicted octanol–water partition coefficient (Wildman–Crippen LogP) is 4.64. The van der Waals surface area contributed by atoms with Gasteiger partial charge in [-0.1, -0.05) is 51.7 Å². The molecule has 0 fully saturated rings. The number of rotatable bonds is 23. The van der Waals surface area contributed by atoms with Gasteiger partial charge in [0, 0.05) is 19.3 Å². The van der Waals surface area contributed by atoms with E-state index in [4.69, 9.17) is 14.2 Å². The lowest BCUT2D eigenvalue weighted by Crippen LogP contribution is -2.41. The fourth-order valence-electron chi connectivity index (χ4n) is 3.20. The first-order valence-electron chi connectivity index (χ1n) is 13.3. The van der Waals surface area contributed by atoms with Crippen molar-refractivity contribution in [1.82, 2.24) is 0 Å². The van der Waals surface area contributed by atoms with Gasteiger partial charge in [-0.3, -0.25) is 14.4 Å². The lowest BCUT2D eigenvalue weighted by Gasteiger charge is -2.28. The molecule has 0 bridgehead atoms. The number of ether oxygens (including phenoxy) is 3. The molecule has 0 saturated heterocycles. The molecule has 0 heterocycles. The van der Waals surface area contributed by atoms with E-state index < -0.39 is 24.6 Å². The smallest absolute Gasteiger partial charge is 0.305 e. The van der Waals surface area contributed by atoms with E-state index in [0.717, 1.165) is 51.4 Å². The van der Waals surface area contributed by atoms with Crippen LogP contribution in [-0.4, -0.2) is 61.2 Å². The molecule has 204 valence electrons. The van der Waals surface area contributed by atoms with Crippen LogP contribution in [0, 0.1) is 5.41 Å². The first-order chi connectivity index (χ1) is 16.9. The summed E-state index contributed by atoms with van der Waals surface area (Å²) in [6.45, 7) is 3.23. The largest absolute Gasteiger partial charge is 0.466 e. The molecule has 0 aliphatic heterocycles. The second kappa shape index (κ2) is 22.5. The van der Waals surface area contributed by atoms with Crippen LogP contribution in [0.1, 0.15) is 104 Å². The molecule has 0 aliphatic rings. The highest BCUT2D eigenvalue weighted by molar-refractivity contribution is 5.70. The molecule has 0 saturated carbocycles. The summed E-state index contributed by atoms with van der Waals surface area (Å²) in [5.74, 6) is -1.06. The van der Waals surface area contributed by atoms with Gasteiger partial charge >= 0.3 is 17.9 Å². The Morgan fingerprint density at radius 3 is 1.66 bits per heavy atom. The van der Waals surface area contributed by atoms with Crippen LogP contribution >= 0.6 is 0 Å². The molecule has 0 rings (SSSR count). The molecule has 0 radical (unpaired) electrons. The van der Waals surface area contributed by atoms with E-state index in [1.54, 1.807) is 0 Å². The number of aliphatic hydroxyl groups is 2. The normalized spacial score (nSPS) is 11.5. The van der Waals surface area contributed by atoms with Crippen LogP contribution < -0.4 is 0 Å². The van der Waals surface area contributed by atoms with E-state index in [2.05, 4.69) is 26.0 Å². The number of hydrogen-bond donors (Lipinski definition) is 2. The monoisotopic (exact) mass is 500 g/mol. The van der Waals surface area contributed by atoms with Gasteiger partial charge in [0.15, 0.2) is 0 Å². The van der Waals surface area contributed by atoms with Crippen molar-refractivity contribution in [2.45, 2.75) is 104 Å². The number of allylic oxidation sites excluding steroid dienone is 2. The molecule has 2 N–H and O–H groups in total. The average Bonchev–Trinajstić information content (AvgIpc) is 2.86. The van der Waals surface area contributed by atoms with Crippen LogP contribution in [0.2, 0.25) is 0 Å². The Morgan fingerprint density at radius 2 is 1.17 bits per heavy atom. The van der Waals surface area contributed by atoms with E-state index in [9.17, 15) is 24.6 Å². The van der Waals surface area contributed by atoms with Crippen molar-refractivity contribution in [3.05, 3.63) is 12.2 Å². The fraction of sp³-hybridized carbons (Fsp3) is 0.815. The highest BCUT2D eigenvalue weighted by Gasteiger charge is 2.32. The summed E-state index contributed by atoms with van der Waals surface area (Å²) >= 11 is 0. The second-order valence-electron chi connectivity index (χ2n) is 9.10. The van der Waals surface area contributed by atoms with E-state index in [-0.39, 0.29) is 38.0 Å². The molecule has 0 unspecified atom stereocenters. The van der Waals surface area contributed by atoms with Gasteiger partial charge in [-0.25, -0.2) is 0 Å². The van der Waals surface area contributed by atoms with Gasteiger partial charge in [-0.15, -0.1) is 0 Å². The fourth-order valence-corrected chi connectivity index (χ4v) is 3.20. The van der Waals surface area contributed by atoms with Crippen LogP contribution in [0.3, 0.4) is 0 Å². The zero-order valence-electron chi connectivity index (χ0n) is 21.9. The van der Waals surface area contributed by atoms with Crippen molar-refractivity contribution in [2.75, 3.05) is 33.0 Å². The minimum Gasteiger partial charge on any atom is -0.466 e. The number of esters is 3. The Balaban J connectivity index is 3.97. The molecule has 0 aliphatic carbocycles. The van der Waals surface area contributed by atoms with Crippen LogP contribution in [0.15, 0.2) is 12.2 Å². The molecule has 0 spiro atoms. The number of carbonyl (C=O) groups is 3. The molecular weight excluding hydrogens is 452 g/mol. The second-order valence-corrected chi connectivity index (χ2v) is 9.10. The third-order valence-corrected chi connectivity index (χ3v) is 5.68. The highest BCUT2D eigenvalue weighted by atomic mass is 16.6. The van der Waals surface area contributed by atoms with Gasteiger partial charge in [-0.05, 0) is 44.9 Å². The minimum absolute atomic E-state index is 0.171. The number of unbranched alkanes of at least 4 members (excludes halogenated alkanes) is 7. The van der Waals surface area contributed by atoms with Gasteiger partial charge in [0.25, 0.3) is 0 Å². The molecule has 0 amide bonds. The van der Waals surface area contributed by atoms with E-state index >= 15 is 0 Å². The lowest BCUT2D eigenvalue weighted by atomic mass is 9.92. The Hall–Kier alpha value is -1.93. The summed E-state index contributed by atoms with van der Waals surface area (Å²) in [7, 11) is 0. The van der Waals surface area contributed by atoms with E-state index in [1.807, 2.05) is 0 Å². The van der Waals surface area contributed by atoms with Gasteiger partial charge in [0.05, 0.1) is 25.2 Å². The lowest BCUT2D eigenvalue weighted by molar-refractivity contribution is -0.159. The molecule has 0 aromatic heterocycles. The van der Waals surface area contributed by atoms with Crippen LogP contribution in [0.4, 0.5) is 0 Å². The zero-order valence-corrected chi connectivity index (χ0v) is 21.9. The number of carbonyl (C=O) groups excluding carboxylic acids is 3. The quantitative estimate of drug-likeness (QED) is 0.0901. The van der Waals surface area contributed by atoms with Gasteiger partial charge in [0.1, 0.15) is 13.2 Å². The van der Waals surface area contributed by atoms with Crippen molar-refractivity contribution in [3.8, 4) is 0 Å². The topological polar surface area (TPSA) is 119 Å². The molecule has 0 atom stereocenters. The van der Waals surface area contributed by atoms with Crippen molar-refractivity contribution < 1.29 is 38.8 Å². The predicted molar refractivity (Wildman–Crippen MR) is 135 cm³/mol. The Bertz CT molecular complexity index is 584. The van der Waals surface area contributed by atoms with Crippen molar-refractivity contribution in [1.29, 1.82) is 0 Å². The third-order valence-electron chi connectivity index (χ3n) is 5.68. The van der Waals surface area contributed by atoms with Gasteiger partial charge < -0.3 is 24.4 Å². The molecule has 0 aromatic carbocycles. The zero-order chi connectivity index (χ0) is 26.2. The summed E-state index contributed by atoms with van der Waals surface area (Å²) < 4.78 is 15.6. The summed E-state index contributed by atoms with van der Waals surface area (Å²) in [5, 5.41) is 19.4. The van der Waals surface area contributed by atoms with Gasteiger partial charge in [-0.2, -0.15) is 0 Å². The SMILES string of the molecule is CC/C=C\CCCCOC(=O)CCCCCC(=O)OCC(CO)(CO)COC(=O)CCCCCC. The number of hydrogen-bond acceptors (Lipinski definition) is 8. The first-order valence-corrected chi connectivity index (χ1v) is 13.3. The maximum absolute atomic E-state index is 12.0. The molecule has 0 aromatic rings. The average molecular weight is 501 g/mol. The summed E-state index contributed by atoms with van der Waals surface area (Å²) in [5.41, 5.74) is -1.22. The molecular formula is C27H48O8. The van der Waals surface area contributed by atoms with Crippen molar-refractivity contribution in [2.24, 2.45) is 5.41 Å². The maximum atomic E-state index is 12.0. The maximum Gasteiger partial charge on any atom is 0.305 e. The van der Waals surface area contributed by atoms with Crippen LogP contribution in [-0.2, 0) is 28.6 Å². The Kier molecular flexibility index (Phi) is 21.3. The summed E-state index contributed by atoms with van der Waals surface area (Å²) in [4.78, 5) is 35.6. The van der Waals surface area contributed by atoms with Crippen LogP contribution in [0.5, 0.6) is 0 Å². The van der Waals surface area contributed by atoms with E-state index in [0.29, 0.717) is 32.3 Å². The van der Waals surface area contributed by atoms with Crippen molar-refractivity contribution >= 4 is 17.9 Å². The first kappa shape index (κ1) is 33.1. The third kappa shape index (κ3) is 19.0. The Morgan fingerprint density at radius 1 is 0.657 bits per heavy atom. The molecule has 35 heavy (non-hydrogen) atoms. The molecule has 8 nitrogen and oxygen atoms in total. The van der Waals surface area contributed by atoms with Crippen LogP contribution in [0.25, 0.3) is 0 Å². The van der Waals surface area contributed by atoms with Gasteiger partial charge in [0.2, 0.25) is 0 Å². The molecule has 8 heteroatoms. The highest BCUT2D eigenvalue weighted by Crippen LogP contribution is 2.19. The Labute approximate surface area is 211 Å². The standard InChI is InChI=1S/C27H48O8/c1-3-5-7-9-10-15-19-33-24(30)16-13-11-14-18-26(32)35-23-27(20-28,21-29)22-34-25(31)17-12-8-6-4-2/h5,7,28-29H,3-4,6,8-23H2,1-2H3/b7-5-. The minimum atomic E-state index is -1.22. The summed E-state index contributed by atoms with van der Waals surface area (Å²) in [6, 6.07) is 0. The summed E-state index contributed by atoms with van der Waals surface area (Å²) in [6.07, 6.45) is 14.7. The van der Waals surface area contributed by atoms with E-state index in [1.165, 1.54) is 0 Å². The number of aliphatic hydroxyl groups excluding tert-OH is 2.